The molecule has 1 atom stereocenters. The maximum absolute atomic E-state index is 12.2. The minimum atomic E-state index is -0.414. The van der Waals surface area contributed by atoms with E-state index in [1.807, 2.05) is 28.7 Å². The molecule has 1 aromatic carbocycles. The molecule has 6 heteroatoms. The molecule has 0 aliphatic heterocycles. The summed E-state index contributed by atoms with van der Waals surface area (Å²) in [7, 11) is 1.36. The lowest BCUT2D eigenvalue weighted by Gasteiger charge is -2.13. The standard InChI is InChI=1S/C18H18N2O4/c1-11(9-16(19)21)24-12-7-8-15-17(18(22)23-2)13-5-3-4-6-14(13)20(15)10-12/h3-8,10-11H,9H2,1-2H3,(H2,19,21). The maximum Gasteiger partial charge on any atom is 0.340 e. The van der Waals surface area contributed by atoms with Crippen LogP contribution in [0.5, 0.6) is 5.75 Å². The lowest BCUT2D eigenvalue weighted by Crippen LogP contribution is -2.22. The molecular weight excluding hydrogens is 308 g/mol. The lowest BCUT2D eigenvalue weighted by molar-refractivity contribution is -0.119. The van der Waals surface area contributed by atoms with Gasteiger partial charge in [-0.3, -0.25) is 4.79 Å². The zero-order valence-corrected chi connectivity index (χ0v) is 13.5. The Morgan fingerprint density at radius 3 is 2.62 bits per heavy atom. The largest absolute Gasteiger partial charge is 0.489 e. The smallest absolute Gasteiger partial charge is 0.340 e. The third-order valence-corrected chi connectivity index (χ3v) is 3.83. The predicted octanol–water partition coefficient (Wildman–Crippen LogP) is 2.52. The van der Waals surface area contributed by atoms with Crippen LogP contribution in [0.2, 0.25) is 0 Å². The van der Waals surface area contributed by atoms with Gasteiger partial charge >= 0.3 is 5.97 Å². The average molecular weight is 326 g/mol. The van der Waals surface area contributed by atoms with E-state index in [0.717, 1.165) is 16.4 Å². The Hall–Kier alpha value is -3.02. The van der Waals surface area contributed by atoms with E-state index in [0.29, 0.717) is 11.3 Å². The molecule has 124 valence electrons. The van der Waals surface area contributed by atoms with Gasteiger partial charge in [0.05, 0.1) is 36.3 Å². The fourth-order valence-corrected chi connectivity index (χ4v) is 2.86. The highest BCUT2D eigenvalue weighted by molar-refractivity contribution is 6.11. The second-order valence-electron chi connectivity index (χ2n) is 5.60. The van der Waals surface area contributed by atoms with Gasteiger partial charge in [0.15, 0.2) is 0 Å². The Morgan fingerprint density at radius 2 is 1.92 bits per heavy atom. The number of ether oxygens (including phenoxy) is 2. The van der Waals surface area contributed by atoms with Crippen LogP contribution in [0, 0.1) is 0 Å². The molecule has 3 rings (SSSR count). The number of rotatable bonds is 5. The van der Waals surface area contributed by atoms with Crippen molar-refractivity contribution in [3.05, 3.63) is 48.2 Å². The normalized spacial score (nSPS) is 12.2. The van der Waals surface area contributed by atoms with Crippen molar-refractivity contribution in [1.82, 2.24) is 4.40 Å². The topological polar surface area (TPSA) is 83.0 Å². The fourth-order valence-electron chi connectivity index (χ4n) is 2.86. The van der Waals surface area contributed by atoms with E-state index in [1.54, 1.807) is 25.3 Å². The molecule has 1 amide bonds. The molecule has 0 aliphatic rings. The van der Waals surface area contributed by atoms with E-state index < -0.39 is 5.91 Å². The fraction of sp³-hybridized carbons (Fsp3) is 0.222. The van der Waals surface area contributed by atoms with Crippen LogP contribution < -0.4 is 10.5 Å². The quantitative estimate of drug-likeness (QED) is 0.730. The number of hydrogen-bond acceptors (Lipinski definition) is 4. The molecule has 2 N–H and O–H groups in total. The Labute approximate surface area is 138 Å². The summed E-state index contributed by atoms with van der Waals surface area (Å²) in [5.74, 6) is -0.208. The lowest BCUT2D eigenvalue weighted by atomic mass is 10.1. The Morgan fingerprint density at radius 1 is 1.17 bits per heavy atom. The maximum atomic E-state index is 12.2. The third kappa shape index (κ3) is 2.78. The molecule has 0 fully saturated rings. The monoisotopic (exact) mass is 326 g/mol. The third-order valence-electron chi connectivity index (χ3n) is 3.83. The SMILES string of the molecule is COC(=O)c1c2ccccc2n2cc(OC(C)CC(N)=O)ccc12. The van der Waals surface area contributed by atoms with Gasteiger partial charge in [-0.25, -0.2) is 4.79 Å². The van der Waals surface area contributed by atoms with Crippen LogP contribution in [0.1, 0.15) is 23.7 Å². The number of hydrogen-bond donors (Lipinski definition) is 1. The molecule has 1 unspecified atom stereocenters. The van der Waals surface area contributed by atoms with Crippen molar-refractivity contribution in [3.8, 4) is 5.75 Å². The molecule has 2 heterocycles. The Balaban J connectivity index is 2.11. The highest BCUT2D eigenvalue weighted by Gasteiger charge is 2.19. The second-order valence-corrected chi connectivity index (χ2v) is 5.60. The van der Waals surface area contributed by atoms with Crippen molar-refractivity contribution in [2.24, 2.45) is 5.73 Å². The number of primary amides is 1. The van der Waals surface area contributed by atoms with Crippen LogP contribution in [-0.2, 0) is 9.53 Å². The predicted molar refractivity (Wildman–Crippen MR) is 90.1 cm³/mol. The Kier molecular flexibility index (Phi) is 4.12. The molecule has 2 aromatic heterocycles. The van der Waals surface area contributed by atoms with Gasteiger partial charge < -0.3 is 19.6 Å². The van der Waals surface area contributed by atoms with E-state index in [9.17, 15) is 9.59 Å². The first-order valence-corrected chi connectivity index (χ1v) is 7.57. The van der Waals surface area contributed by atoms with Crippen molar-refractivity contribution in [2.75, 3.05) is 7.11 Å². The summed E-state index contributed by atoms with van der Waals surface area (Å²) in [5.41, 5.74) is 7.32. The number of methoxy groups -OCH3 is 1. The molecule has 0 radical (unpaired) electrons. The first-order chi connectivity index (χ1) is 11.5. The van der Waals surface area contributed by atoms with E-state index in [1.165, 1.54) is 7.11 Å². The number of esters is 1. The van der Waals surface area contributed by atoms with Gasteiger partial charge in [-0.15, -0.1) is 0 Å². The van der Waals surface area contributed by atoms with Gasteiger partial charge in [0.25, 0.3) is 0 Å². The molecule has 0 saturated heterocycles. The number of carbonyl (C=O) groups is 2. The summed E-state index contributed by atoms with van der Waals surface area (Å²) in [5, 5.41) is 0.812. The number of fused-ring (bicyclic) bond motifs is 3. The number of amides is 1. The summed E-state index contributed by atoms with van der Waals surface area (Å²) in [6, 6.07) is 11.1. The molecule has 6 nitrogen and oxygen atoms in total. The summed E-state index contributed by atoms with van der Waals surface area (Å²) in [6.45, 7) is 1.78. The summed E-state index contributed by atoms with van der Waals surface area (Å²) < 4.78 is 12.5. The summed E-state index contributed by atoms with van der Waals surface area (Å²) in [4.78, 5) is 23.2. The number of aromatic nitrogens is 1. The first-order valence-electron chi connectivity index (χ1n) is 7.57. The van der Waals surface area contributed by atoms with Gasteiger partial charge in [-0.1, -0.05) is 18.2 Å². The second kappa shape index (κ2) is 6.23. The molecule has 0 saturated carbocycles. The van der Waals surface area contributed by atoms with Gasteiger partial charge in [0.1, 0.15) is 11.9 Å². The van der Waals surface area contributed by atoms with Crippen LogP contribution in [0.3, 0.4) is 0 Å². The van der Waals surface area contributed by atoms with E-state index in [-0.39, 0.29) is 18.5 Å². The minimum absolute atomic E-state index is 0.137. The van der Waals surface area contributed by atoms with Crippen molar-refractivity contribution in [1.29, 1.82) is 0 Å². The van der Waals surface area contributed by atoms with Crippen molar-refractivity contribution >= 4 is 28.3 Å². The van der Waals surface area contributed by atoms with Crippen LogP contribution in [0.4, 0.5) is 0 Å². The van der Waals surface area contributed by atoms with E-state index in [2.05, 4.69) is 0 Å². The zero-order valence-electron chi connectivity index (χ0n) is 13.5. The highest BCUT2D eigenvalue weighted by atomic mass is 16.5. The number of para-hydroxylation sites is 1. The molecular formula is C18H18N2O4. The molecule has 24 heavy (non-hydrogen) atoms. The van der Waals surface area contributed by atoms with Gasteiger partial charge in [-0.05, 0) is 25.1 Å². The van der Waals surface area contributed by atoms with Gasteiger partial charge in [0.2, 0.25) is 5.91 Å². The van der Waals surface area contributed by atoms with E-state index in [4.69, 9.17) is 15.2 Å². The van der Waals surface area contributed by atoms with Crippen LogP contribution >= 0.6 is 0 Å². The van der Waals surface area contributed by atoms with Gasteiger partial charge in [0, 0.05) is 5.39 Å². The number of pyridine rings is 1. The number of nitrogens with two attached hydrogens (primary N) is 1. The van der Waals surface area contributed by atoms with Crippen LogP contribution in [0.15, 0.2) is 42.6 Å². The minimum Gasteiger partial charge on any atom is -0.489 e. The van der Waals surface area contributed by atoms with E-state index >= 15 is 0 Å². The van der Waals surface area contributed by atoms with Crippen molar-refractivity contribution < 1.29 is 19.1 Å². The van der Waals surface area contributed by atoms with Crippen LogP contribution in [-0.4, -0.2) is 29.5 Å². The number of carbonyl (C=O) groups excluding carboxylic acids is 2. The zero-order chi connectivity index (χ0) is 17.3. The molecule has 0 spiro atoms. The molecule has 0 bridgehead atoms. The Bertz CT molecular complexity index is 929. The summed E-state index contributed by atoms with van der Waals surface area (Å²) in [6.07, 6.45) is 1.60. The van der Waals surface area contributed by atoms with Crippen molar-refractivity contribution in [2.45, 2.75) is 19.4 Å². The average Bonchev–Trinajstić information content (AvgIpc) is 2.87. The first kappa shape index (κ1) is 15.9. The van der Waals surface area contributed by atoms with Gasteiger partial charge in [-0.2, -0.15) is 0 Å². The molecule has 3 aromatic rings. The number of benzene rings is 1. The highest BCUT2D eigenvalue weighted by Crippen LogP contribution is 2.29. The van der Waals surface area contributed by atoms with Crippen LogP contribution in [0.25, 0.3) is 16.4 Å². The molecule has 0 aliphatic carbocycles. The van der Waals surface area contributed by atoms with Crippen molar-refractivity contribution in [3.63, 3.8) is 0 Å². The number of nitrogens with zero attached hydrogens (tertiary/aromatic N) is 1. The summed E-state index contributed by atoms with van der Waals surface area (Å²) >= 11 is 0.